The molecule has 2 rings (SSSR count). The quantitative estimate of drug-likeness (QED) is 0.922. The summed E-state index contributed by atoms with van der Waals surface area (Å²) in [5, 5.41) is 2.13. The van der Waals surface area contributed by atoms with Gasteiger partial charge in [-0.25, -0.2) is 4.98 Å². The van der Waals surface area contributed by atoms with Gasteiger partial charge in [-0.1, -0.05) is 13.8 Å². The molecule has 1 unspecified atom stereocenters. The maximum atomic E-state index is 6.17. The molecule has 0 bridgehead atoms. The smallest absolute Gasteiger partial charge is 0.0795 e. The van der Waals surface area contributed by atoms with Gasteiger partial charge in [0.1, 0.15) is 0 Å². The van der Waals surface area contributed by atoms with E-state index >= 15 is 0 Å². The van der Waals surface area contributed by atoms with Gasteiger partial charge in [-0.2, -0.15) is 11.8 Å². The molecule has 0 aromatic carbocycles. The molecule has 1 fully saturated rings. The van der Waals surface area contributed by atoms with E-state index in [1.165, 1.54) is 12.2 Å². The molecule has 2 N–H and O–H groups in total. The summed E-state index contributed by atoms with van der Waals surface area (Å²) in [7, 11) is 2.19. The summed E-state index contributed by atoms with van der Waals surface area (Å²) in [5.41, 5.74) is 9.57. The fraction of sp³-hybridized carbons (Fsp3) is 0.769. The molecule has 0 radical (unpaired) electrons. The van der Waals surface area contributed by atoms with E-state index in [9.17, 15) is 0 Å². The first-order valence-corrected chi connectivity index (χ1v) is 8.48. The van der Waals surface area contributed by atoms with Gasteiger partial charge in [0.2, 0.25) is 0 Å². The van der Waals surface area contributed by atoms with Gasteiger partial charge >= 0.3 is 0 Å². The highest BCUT2D eigenvalue weighted by molar-refractivity contribution is 7.99. The van der Waals surface area contributed by atoms with Crippen molar-refractivity contribution in [1.82, 2.24) is 9.88 Å². The summed E-state index contributed by atoms with van der Waals surface area (Å²) in [6, 6.07) is 0. The second-order valence-corrected chi connectivity index (χ2v) is 7.58. The van der Waals surface area contributed by atoms with Crippen LogP contribution in [0, 0.1) is 5.41 Å². The Morgan fingerprint density at radius 3 is 2.83 bits per heavy atom. The molecular formula is C13H23N3S2. The highest BCUT2D eigenvalue weighted by Gasteiger charge is 2.48. The first kappa shape index (κ1) is 14.3. The first-order chi connectivity index (χ1) is 8.52. The number of aromatic nitrogens is 1. The van der Waals surface area contributed by atoms with Crippen LogP contribution in [0.15, 0.2) is 10.9 Å². The average molecular weight is 285 g/mol. The molecule has 1 atom stereocenters. The minimum Gasteiger partial charge on any atom is -0.329 e. The fourth-order valence-corrected chi connectivity index (χ4v) is 5.24. The number of hydrogen-bond donors (Lipinski definition) is 1. The molecule has 1 aromatic heterocycles. The third kappa shape index (κ3) is 2.46. The molecule has 0 amide bonds. The van der Waals surface area contributed by atoms with Crippen molar-refractivity contribution in [2.75, 3.05) is 25.1 Å². The number of rotatable bonds is 4. The molecule has 1 aliphatic rings. The van der Waals surface area contributed by atoms with Crippen molar-refractivity contribution in [2.24, 2.45) is 11.1 Å². The van der Waals surface area contributed by atoms with Gasteiger partial charge in [0, 0.05) is 29.8 Å². The predicted molar refractivity (Wildman–Crippen MR) is 81.1 cm³/mol. The van der Waals surface area contributed by atoms with Gasteiger partial charge in [-0.05, 0) is 24.6 Å². The fourth-order valence-electron chi connectivity index (χ4n) is 2.82. The lowest BCUT2D eigenvalue weighted by Gasteiger charge is -2.54. The van der Waals surface area contributed by atoms with Crippen LogP contribution in [0.3, 0.4) is 0 Å². The molecular weight excluding hydrogens is 262 g/mol. The van der Waals surface area contributed by atoms with Crippen LogP contribution in [-0.4, -0.2) is 40.5 Å². The second-order valence-electron chi connectivity index (χ2n) is 5.76. The summed E-state index contributed by atoms with van der Waals surface area (Å²) in [4.78, 5) is 6.82. The predicted octanol–water partition coefficient (Wildman–Crippen LogP) is 2.44. The van der Waals surface area contributed by atoms with E-state index in [1.54, 1.807) is 11.3 Å². The Morgan fingerprint density at radius 1 is 1.50 bits per heavy atom. The highest BCUT2D eigenvalue weighted by Crippen LogP contribution is 2.45. The summed E-state index contributed by atoms with van der Waals surface area (Å²) in [5.74, 6) is 2.37. The molecule has 0 aliphatic carbocycles. The molecule has 102 valence electrons. The van der Waals surface area contributed by atoms with E-state index < -0.39 is 0 Å². The lowest BCUT2D eigenvalue weighted by molar-refractivity contribution is 0.0141. The van der Waals surface area contributed by atoms with E-state index in [0.29, 0.717) is 6.54 Å². The van der Waals surface area contributed by atoms with Crippen molar-refractivity contribution in [3.63, 3.8) is 0 Å². The van der Waals surface area contributed by atoms with Crippen LogP contribution < -0.4 is 5.73 Å². The monoisotopic (exact) mass is 285 g/mol. The van der Waals surface area contributed by atoms with E-state index in [4.69, 9.17) is 5.73 Å². The van der Waals surface area contributed by atoms with Gasteiger partial charge in [-0.15, -0.1) is 11.3 Å². The molecule has 1 aromatic rings. The Bertz CT molecular complexity index is 378. The van der Waals surface area contributed by atoms with Gasteiger partial charge in [0.15, 0.2) is 0 Å². The Hall–Kier alpha value is -0.100. The normalized spacial score (nSPS) is 27.6. The van der Waals surface area contributed by atoms with Gasteiger partial charge < -0.3 is 5.73 Å². The summed E-state index contributed by atoms with van der Waals surface area (Å²) >= 11 is 3.69. The Labute approximate surface area is 118 Å². The zero-order valence-corrected chi connectivity index (χ0v) is 13.1. The molecule has 0 spiro atoms. The Balaban J connectivity index is 2.20. The van der Waals surface area contributed by atoms with Gasteiger partial charge in [0.05, 0.1) is 11.2 Å². The van der Waals surface area contributed by atoms with Crippen LogP contribution in [0.5, 0.6) is 0 Å². The van der Waals surface area contributed by atoms with Crippen molar-refractivity contribution in [2.45, 2.75) is 32.4 Å². The Morgan fingerprint density at radius 2 is 2.28 bits per heavy atom. The largest absolute Gasteiger partial charge is 0.329 e. The van der Waals surface area contributed by atoms with Crippen LogP contribution in [0.2, 0.25) is 0 Å². The average Bonchev–Trinajstić information content (AvgIpc) is 2.81. The topological polar surface area (TPSA) is 42.2 Å². The Kier molecular flexibility index (Phi) is 4.36. The number of likely N-dealkylation sites (N-methyl/N-ethyl adjacent to an activating group) is 1. The third-order valence-electron chi connectivity index (χ3n) is 4.42. The van der Waals surface area contributed by atoms with Crippen LogP contribution in [-0.2, 0) is 6.54 Å². The highest BCUT2D eigenvalue weighted by atomic mass is 32.2. The first-order valence-electron chi connectivity index (χ1n) is 6.38. The van der Waals surface area contributed by atoms with E-state index in [-0.39, 0.29) is 11.0 Å². The lowest BCUT2D eigenvalue weighted by atomic mass is 9.70. The maximum absolute atomic E-state index is 6.17. The number of nitrogens with zero attached hydrogens (tertiary/aromatic N) is 2. The molecule has 2 heterocycles. The second kappa shape index (κ2) is 5.49. The van der Waals surface area contributed by atoms with E-state index in [1.807, 2.05) is 17.3 Å². The van der Waals surface area contributed by atoms with Crippen LogP contribution in [0.25, 0.3) is 0 Å². The lowest BCUT2D eigenvalue weighted by Crippen LogP contribution is -2.64. The molecule has 1 aliphatic heterocycles. The SMILES string of the molecule is CN(Cc1cscn1)C1(CN)CSCCC1(C)C. The number of nitrogens with two attached hydrogens (primary N) is 1. The van der Waals surface area contributed by atoms with Crippen molar-refractivity contribution < 1.29 is 0 Å². The van der Waals surface area contributed by atoms with Crippen molar-refractivity contribution in [3.8, 4) is 0 Å². The summed E-state index contributed by atoms with van der Waals surface area (Å²) in [6.45, 7) is 6.33. The standard InChI is InChI=1S/C13H23N3S2/c1-12(2)4-5-17-9-13(12,8-14)16(3)6-11-7-18-10-15-11/h7,10H,4-6,8-9,14H2,1-3H3. The maximum Gasteiger partial charge on any atom is 0.0795 e. The number of hydrogen-bond acceptors (Lipinski definition) is 5. The number of thioether (sulfide) groups is 1. The molecule has 0 saturated carbocycles. The summed E-state index contributed by atoms with van der Waals surface area (Å²) in [6.07, 6.45) is 1.23. The van der Waals surface area contributed by atoms with Crippen molar-refractivity contribution in [1.29, 1.82) is 0 Å². The summed E-state index contributed by atoms with van der Waals surface area (Å²) < 4.78 is 0. The molecule has 5 heteroatoms. The third-order valence-corrected chi connectivity index (χ3v) is 6.23. The molecule has 18 heavy (non-hydrogen) atoms. The van der Waals surface area contributed by atoms with Crippen LogP contribution in [0.4, 0.5) is 0 Å². The number of thiazole rings is 1. The zero-order valence-electron chi connectivity index (χ0n) is 11.5. The van der Waals surface area contributed by atoms with Crippen molar-refractivity contribution >= 4 is 23.1 Å². The van der Waals surface area contributed by atoms with E-state index in [0.717, 1.165) is 18.0 Å². The van der Waals surface area contributed by atoms with Crippen LogP contribution >= 0.6 is 23.1 Å². The van der Waals surface area contributed by atoms with Gasteiger partial charge in [0.25, 0.3) is 0 Å². The minimum absolute atomic E-state index is 0.0829. The van der Waals surface area contributed by atoms with Crippen molar-refractivity contribution in [3.05, 3.63) is 16.6 Å². The minimum atomic E-state index is 0.0829. The zero-order chi connectivity index (χ0) is 13.2. The van der Waals surface area contributed by atoms with E-state index in [2.05, 4.69) is 36.2 Å². The van der Waals surface area contributed by atoms with Gasteiger partial charge in [-0.3, -0.25) is 4.90 Å². The molecule has 3 nitrogen and oxygen atoms in total. The molecule has 1 saturated heterocycles. The van der Waals surface area contributed by atoms with Crippen LogP contribution in [0.1, 0.15) is 26.0 Å².